The minimum atomic E-state index is -0.155. The third kappa shape index (κ3) is 3.87. The first-order valence-electron chi connectivity index (χ1n) is 8.37. The molecule has 1 aliphatic carbocycles. The summed E-state index contributed by atoms with van der Waals surface area (Å²) < 4.78 is 0. The molecule has 0 saturated carbocycles. The summed E-state index contributed by atoms with van der Waals surface area (Å²) in [6.45, 7) is 0. The molecular formula is C21H24N4. The van der Waals surface area contributed by atoms with E-state index in [1.54, 1.807) is 0 Å². The number of hydrogen-bond donors (Lipinski definition) is 2. The van der Waals surface area contributed by atoms with E-state index in [1.807, 2.05) is 68.7 Å². The second-order valence-corrected chi connectivity index (χ2v) is 6.35. The van der Waals surface area contributed by atoms with E-state index in [1.165, 1.54) is 5.69 Å². The van der Waals surface area contributed by atoms with Crippen LogP contribution in [0, 0.1) is 0 Å². The van der Waals surface area contributed by atoms with E-state index in [9.17, 15) is 0 Å². The SMILES string of the molecule is CN(C)c1ccccc1.NC1C=Cc2nc3ccccc3cc2C1N. The number of hydrogen-bond acceptors (Lipinski definition) is 4. The van der Waals surface area contributed by atoms with Gasteiger partial charge in [0.1, 0.15) is 0 Å². The summed E-state index contributed by atoms with van der Waals surface area (Å²) in [6, 6.07) is 20.1. The smallest absolute Gasteiger partial charge is 0.0709 e. The lowest BCUT2D eigenvalue weighted by Crippen LogP contribution is -2.34. The van der Waals surface area contributed by atoms with E-state index in [2.05, 4.69) is 28.1 Å². The van der Waals surface area contributed by atoms with Crippen molar-refractivity contribution in [3.8, 4) is 0 Å². The number of aromatic nitrogens is 1. The molecule has 1 aliphatic rings. The summed E-state index contributed by atoms with van der Waals surface area (Å²) in [7, 11) is 4.07. The van der Waals surface area contributed by atoms with Crippen molar-refractivity contribution in [2.24, 2.45) is 11.5 Å². The van der Waals surface area contributed by atoms with Gasteiger partial charge in [0.05, 0.1) is 17.3 Å². The van der Waals surface area contributed by atoms with Crippen molar-refractivity contribution < 1.29 is 0 Å². The fraction of sp³-hybridized carbons (Fsp3) is 0.190. The van der Waals surface area contributed by atoms with E-state index < -0.39 is 0 Å². The summed E-state index contributed by atoms with van der Waals surface area (Å²) >= 11 is 0. The van der Waals surface area contributed by atoms with Gasteiger partial charge in [0, 0.05) is 31.2 Å². The Morgan fingerprint density at radius 1 is 0.920 bits per heavy atom. The lowest BCUT2D eigenvalue weighted by Gasteiger charge is -2.23. The monoisotopic (exact) mass is 332 g/mol. The Hall–Kier alpha value is -2.69. The van der Waals surface area contributed by atoms with Gasteiger partial charge in [-0.25, -0.2) is 4.98 Å². The van der Waals surface area contributed by atoms with Gasteiger partial charge >= 0.3 is 0 Å². The molecule has 1 heterocycles. The molecule has 4 N–H and O–H groups in total. The average molecular weight is 332 g/mol. The topological polar surface area (TPSA) is 68.2 Å². The van der Waals surface area contributed by atoms with E-state index in [-0.39, 0.29) is 12.1 Å². The average Bonchev–Trinajstić information content (AvgIpc) is 2.65. The highest BCUT2D eigenvalue weighted by molar-refractivity contribution is 5.81. The molecule has 4 heteroatoms. The van der Waals surface area contributed by atoms with E-state index >= 15 is 0 Å². The summed E-state index contributed by atoms with van der Waals surface area (Å²) in [4.78, 5) is 6.66. The van der Waals surface area contributed by atoms with Gasteiger partial charge in [-0.15, -0.1) is 0 Å². The van der Waals surface area contributed by atoms with Crippen LogP contribution in [0.2, 0.25) is 0 Å². The Bertz CT molecular complexity index is 871. The molecule has 2 atom stereocenters. The van der Waals surface area contributed by atoms with Crippen LogP contribution in [0.4, 0.5) is 5.69 Å². The molecule has 0 bridgehead atoms. The predicted octanol–water partition coefficient (Wildman–Crippen LogP) is 3.34. The van der Waals surface area contributed by atoms with Gasteiger partial charge < -0.3 is 16.4 Å². The zero-order valence-corrected chi connectivity index (χ0v) is 14.6. The Kier molecular flexibility index (Phi) is 5.12. The maximum absolute atomic E-state index is 6.06. The molecule has 0 radical (unpaired) electrons. The van der Waals surface area contributed by atoms with Gasteiger partial charge in [-0.05, 0) is 35.9 Å². The standard InChI is InChI=1S/C13H13N3.C8H11N/c14-10-5-6-12-9(13(10)15)7-8-3-1-2-4-11(8)16-12;1-9(2)8-6-4-3-5-7-8/h1-7,10,13H,14-15H2;3-7H,1-2H3. The Balaban J connectivity index is 0.000000173. The third-order valence-corrected chi connectivity index (χ3v) is 4.31. The van der Waals surface area contributed by atoms with Gasteiger partial charge in [0.25, 0.3) is 0 Å². The van der Waals surface area contributed by atoms with Gasteiger partial charge in [-0.2, -0.15) is 0 Å². The molecule has 0 amide bonds. The minimum Gasteiger partial charge on any atom is -0.378 e. The van der Waals surface area contributed by atoms with Crippen LogP contribution in [0.1, 0.15) is 17.3 Å². The van der Waals surface area contributed by atoms with E-state index in [0.717, 1.165) is 22.2 Å². The molecule has 0 aliphatic heterocycles. The van der Waals surface area contributed by atoms with Gasteiger partial charge in [0.2, 0.25) is 0 Å². The van der Waals surface area contributed by atoms with Crippen molar-refractivity contribution in [1.82, 2.24) is 4.98 Å². The van der Waals surface area contributed by atoms with Crippen LogP contribution in [0.3, 0.4) is 0 Å². The molecule has 2 unspecified atom stereocenters. The Labute approximate surface area is 148 Å². The first-order chi connectivity index (χ1) is 12.1. The summed E-state index contributed by atoms with van der Waals surface area (Å²) in [5.41, 5.74) is 16.2. The molecule has 0 saturated heterocycles. The second-order valence-electron chi connectivity index (χ2n) is 6.35. The highest BCUT2D eigenvalue weighted by atomic mass is 15.1. The van der Waals surface area contributed by atoms with Gasteiger partial charge in [0.15, 0.2) is 0 Å². The van der Waals surface area contributed by atoms with Crippen LogP contribution in [-0.4, -0.2) is 25.1 Å². The van der Waals surface area contributed by atoms with E-state index in [0.29, 0.717) is 0 Å². The number of nitrogens with two attached hydrogens (primary N) is 2. The second kappa shape index (κ2) is 7.47. The lowest BCUT2D eigenvalue weighted by atomic mass is 9.92. The zero-order valence-electron chi connectivity index (χ0n) is 14.6. The van der Waals surface area contributed by atoms with Crippen molar-refractivity contribution in [3.05, 3.63) is 78.0 Å². The highest BCUT2D eigenvalue weighted by Gasteiger charge is 2.20. The van der Waals surface area contributed by atoms with Crippen LogP contribution in [-0.2, 0) is 0 Å². The summed E-state index contributed by atoms with van der Waals surface area (Å²) in [5, 5.41) is 1.11. The number of anilines is 1. The van der Waals surface area contributed by atoms with Crippen LogP contribution >= 0.6 is 0 Å². The van der Waals surface area contributed by atoms with Crippen molar-refractivity contribution in [1.29, 1.82) is 0 Å². The minimum absolute atomic E-state index is 0.115. The molecule has 1 aromatic heterocycles. The van der Waals surface area contributed by atoms with Crippen molar-refractivity contribution in [2.75, 3.05) is 19.0 Å². The molecule has 2 aromatic carbocycles. The summed E-state index contributed by atoms with van der Waals surface area (Å²) in [6.07, 6.45) is 3.87. The molecule has 0 fully saturated rings. The number of benzene rings is 2. The number of fused-ring (bicyclic) bond motifs is 2. The first kappa shape index (κ1) is 17.1. The molecule has 25 heavy (non-hydrogen) atoms. The lowest BCUT2D eigenvalue weighted by molar-refractivity contribution is 0.627. The molecule has 0 spiro atoms. The first-order valence-corrected chi connectivity index (χ1v) is 8.37. The number of pyridine rings is 1. The number of nitrogens with zero attached hydrogens (tertiary/aromatic N) is 2. The van der Waals surface area contributed by atoms with Crippen LogP contribution < -0.4 is 16.4 Å². The maximum atomic E-state index is 6.06. The normalized spacial score (nSPS) is 18.2. The van der Waals surface area contributed by atoms with Crippen molar-refractivity contribution in [2.45, 2.75) is 12.1 Å². The quantitative estimate of drug-likeness (QED) is 0.717. The predicted molar refractivity (Wildman–Crippen MR) is 106 cm³/mol. The highest BCUT2D eigenvalue weighted by Crippen LogP contribution is 2.27. The van der Waals surface area contributed by atoms with Crippen LogP contribution in [0.5, 0.6) is 0 Å². The van der Waals surface area contributed by atoms with Crippen LogP contribution in [0.25, 0.3) is 17.0 Å². The number of para-hydroxylation sites is 2. The maximum Gasteiger partial charge on any atom is 0.0709 e. The van der Waals surface area contributed by atoms with Crippen LogP contribution in [0.15, 0.2) is 66.7 Å². The molecule has 4 nitrogen and oxygen atoms in total. The van der Waals surface area contributed by atoms with Gasteiger partial charge in [-0.1, -0.05) is 42.5 Å². The fourth-order valence-electron chi connectivity index (χ4n) is 2.80. The zero-order chi connectivity index (χ0) is 17.8. The molecule has 128 valence electrons. The molecule has 4 rings (SSSR count). The molecule has 3 aromatic rings. The fourth-order valence-corrected chi connectivity index (χ4v) is 2.80. The largest absolute Gasteiger partial charge is 0.378 e. The summed E-state index contributed by atoms with van der Waals surface area (Å²) in [5.74, 6) is 0. The van der Waals surface area contributed by atoms with Crippen molar-refractivity contribution in [3.63, 3.8) is 0 Å². The third-order valence-electron chi connectivity index (χ3n) is 4.31. The van der Waals surface area contributed by atoms with Crippen molar-refractivity contribution >= 4 is 22.7 Å². The number of rotatable bonds is 1. The Morgan fingerprint density at radius 2 is 1.60 bits per heavy atom. The van der Waals surface area contributed by atoms with Gasteiger partial charge in [-0.3, -0.25) is 0 Å². The van der Waals surface area contributed by atoms with E-state index in [4.69, 9.17) is 11.5 Å². The molecular weight excluding hydrogens is 308 g/mol. The Morgan fingerprint density at radius 3 is 2.28 bits per heavy atom.